The highest BCUT2D eigenvalue weighted by atomic mass is 16.6. The van der Waals surface area contributed by atoms with E-state index in [4.69, 9.17) is 18.9 Å². The number of methoxy groups -OCH3 is 1. The number of aliphatic hydroxyl groups is 8. The first kappa shape index (κ1) is 56.4. The van der Waals surface area contributed by atoms with Gasteiger partial charge in [0.1, 0.15) is 65.9 Å². The van der Waals surface area contributed by atoms with E-state index < -0.39 is 92.2 Å². The summed E-state index contributed by atoms with van der Waals surface area (Å²) in [5.41, 5.74) is 0.569. The van der Waals surface area contributed by atoms with Gasteiger partial charge in [-0.25, -0.2) is 0 Å². The minimum Gasteiger partial charge on any atom is -0.493 e. The molecule has 27 heteroatoms. The van der Waals surface area contributed by atoms with Crippen LogP contribution in [-0.4, -0.2) is 216 Å². The number of nitrogens with one attached hydrogen (secondary N) is 4. The van der Waals surface area contributed by atoms with Gasteiger partial charge in [0.15, 0.2) is 24.0 Å². The van der Waals surface area contributed by atoms with Crippen molar-refractivity contribution < 1.29 is 83.8 Å². The van der Waals surface area contributed by atoms with Crippen LogP contribution in [0.2, 0.25) is 0 Å². The van der Waals surface area contributed by atoms with Crippen molar-refractivity contribution in [2.45, 2.75) is 99.4 Å². The van der Waals surface area contributed by atoms with E-state index in [-0.39, 0.29) is 78.0 Å². The Hall–Kier alpha value is -6.76. The van der Waals surface area contributed by atoms with Crippen molar-refractivity contribution in [2.75, 3.05) is 76.6 Å². The van der Waals surface area contributed by atoms with Crippen LogP contribution in [0.5, 0.6) is 11.5 Å². The quantitative estimate of drug-likeness (QED) is 0.0467. The van der Waals surface area contributed by atoms with Crippen LogP contribution in [0.25, 0.3) is 0 Å². The smallest absolute Gasteiger partial charge is 0.272 e. The highest BCUT2D eigenvalue weighted by Crippen LogP contribution is 2.39. The molecule has 4 aliphatic heterocycles. The number of nitrogens with zero attached hydrogens (tertiary/aromatic N) is 6. The van der Waals surface area contributed by atoms with Gasteiger partial charge in [0.2, 0.25) is 5.91 Å². The Kier molecular flexibility index (Phi) is 17.8. The van der Waals surface area contributed by atoms with Crippen molar-refractivity contribution in [2.24, 2.45) is 12.0 Å². The predicted molar refractivity (Wildman–Crippen MR) is 272 cm³/mol. The maximum atomic E-state index is 14.4. The molecule has 4 aliphatic rings. The summed E-state index contributed by atoms with van der Waals surface area (Å²) < 4.78 is 26.6. The maximum absolute atomic E-state index is 14.4. The zero-order chi connectivity index (χ0) is 55.4. The lowest BCUT2D eigenvalue weighted by atomic mass is 9.98. The van der Waals surface area contributed by atoms with E-state index in [0.717, 1.165) is 22.0 Å². The number of fused-ring (bicyclic) bond motifs is 2. The lowest BCUT2D eigenvalue weighted by Crippen LogP contribution is -2.56. The number of aromatic nitrogens is 3. The molecule has 7 heterocycles. The molecule has 0 spiro atoms. The summed E-state index contributed by atoms with van der Waals surface area (Å²) in [6.45, 7) is 0.0448. The van der Waals surface area contributed by atoms with Crippen molar-refractivity contribution in [3.63, 3.8) is 0 Å². The predicted octanol–water partition coefficient (Wildman–Crippen LogP) is -1.11. The van der Waals surface area contributed by atoms with Gasteiger partial charge in [-0.15, -0.1) is 0 Å². The molecule has 1 aromatic carbocycles. The van der Waals surface area contributed by atoms with E-state index in [9.17, 15) is 64.8 Å². The number of aryl methyl sites for hydroxylation is 1. The highest BCUT2D eigenvalue weighted by molar-refractivity contribution is 6.08. The van der Waals surface area contributed by atoms with E-state index in [0.29, 0.717) is 42.3 Å². The van der Waals surface area contributed by atoms with Gasteiger partial charge in [0, 0.05) is 57.4 Å². The molecular formula is C50H66N10O17. The molecule has 0 aliphatic carbocycles. The number of anilines is 3. The summed E-state index contributed by atoms with van der Waals surface area (Å²) in [7, 11) is 6.74. The zero-order valence-electron chi connectivity index (χ0n) is 42.8. The largest absolute Gasteiger partial charge is 0.493 e. The topological polar surface area (TPSA) is 366 Å². The van der Waals surface area contributed by atoms with Crippen molar-refractivity contribution in [3.8, 4) is 11.5 Å². The number of rotatable bonds is 20. The first-order valence-corrected chi connectivity index (χ1v) is 25.1. The van der Waals surface area contributed by atoms with E-state index in [2.05, 4.69) is 26.3 Å². The van der Waals surface area contributed by atoms with Gasteiger partial charge in [-0.2, -0.15) is 0 Å². The van der Waals surface area contributed by atoms with E-state index in [1.165, 1.54) is 48.5 Å². The summed E-state index contributed by atoms with van der Waals surface area (Å²) in [4.78, 5) is 76.6. The standard InChI is InChI=1S/C50H66N10O17/c1-56(2)11-7-10-51-45(70)32-15-26(21-59(32)49-43(68)41(66)39(64)36(23-61)76-49)55-47(72)33-16-27(22-60(33)50-44(69)42(67)40(65)37(24-62)77-50)54-46(71)31-14-25(20-57(31)3)53-38(63)9-6-13-75-35-18-30-29(17-34(35)74-4)48(73)58-12-5-8-28(58)19-52-30/h14-22,28,36-37,39-44,49-50,61-62,64-69H,5-13,23-24H2,1-4H3,(H,51,70)(H,53,63)(H,54,71)(H,55,72)/t28-,36-,37-,39-,40-,41-,42-,43-,44-,49+,50+/m1/s1. The second kappa shape index (κ2) is 24.3. The third kappa shape index (κ3) is 12.2. The lowest BCUT2D eigenvalue weighted by molar-refractivity contribution is -0.251. The molecular weight excluding hydrogens is 1010 g/mol. The number of hydrogen-bond donors (Lipinski definition) is 12. The number of aliphatic hydroxyl groups excluding tert-OH is 8. The fourth-order valence-corrected chi connectivity index (χ4v) is 9.70. The summed E-state index contributed by atoms with van der Waals surface area (Å²) >= 11 is 0. The number of amides is 5. The SMILES string of the molecule is COc1cc2c(cc1OCCCC(=O)Nc1cc(C(=O)Nc3cc(C(=O)Nc4cc(C(=O)NCCCN(C)C)n([C@H]5O[C@H](CO)[C@@H](O)[C@@H](O)[C@H]5O)c4)n([C@H]4O[C@H](CO)[C@@H](O)[C@@H](O)[C@H]4O)c3)n(C)c1)N=C[C@H]1CCCN1C2=O. The average molecular weight is 1080 g/mol. The van der Waals surface area contributed by atoms with Gasteiger partial charge in [0.25, 0.3) is 23.6 Å². The van der Waals surface area contributed by atoms with Gasteiger partial charge in [0.05, 0.1) is 61.3 Å². The van der Waals surface area contributed by atoms with Crippen LogP contribution in [0.4, 0.5) is 22.7 Å². The van der Waals surface area contributed by atoms with Crippen LogP contribution in [0, 0.1) is 0 Å². The van der Waals surface area contributed by atoms with E-state index in [1.54, 1.807) is 30.3 Å². The Morgan fingerprint density at radius 1 is 0.727 bits per heavy atom. The number of hydrogen-bond acceptors (Lipinski definition) is 19. The van der Waals surface area contributed by atoms with Gasteiger partial charge < -0.3 is 105 Å². The molecule has 3 saturated heterocycles. The summed E-state index contributed by atoms with van der Waals surface area (Å²) in [5, 5.41) is 95.3. The van der Waals surface area contributed by atoms with Gasteiger partial charge in [-0.05, 0) is 70.6 Å². The lowest BCUT2D eigenvalue weighted by Gasteiger charge is -2.41. The number of carbonyl (C=O) groups excluding carboxylic acids is 5. The van der Waals surface area contributed by atoms with Crippen molar-refractivity contribution in [1.29, 1.82) is 0 Å². The zero-order valence-corrected chi connectivity index (χ0v) is 42.8. The van der Waals surface area contributed by atoms with Crippen molar-refractivity contribution in [1.82, 2.24) is 28.8 Å². The van der Waals surface area contributed by atoms with Crippen LogP contribution in [-0.2, 0) is 21.3 Å². The number of carbonyl (C=O) groups is 5. The minimum absolute atomic E-state index is 0.0251. The maximum Gasteiger partial charge on any atom is 0.272 e. The Labute approximate surface area is 441 Å². The minimum atomic E-state index is -1.90. The summed E-state index contributed by atoms with van der Waals surface area (Å²) in [5.74, 6) is -2.17. The Balaban J connectivity index is 0.971. The number of benzene rings is 1. The van der Waals surface area contributed by atoms with Crippen LogP contribution in [0.3, 0.4) is 0 Å². The molecule has 3 fully saturated rings. The first-order chi connectivity index (χ1) is 36.8. The highest BCUT2D eigenvalue weighted by Gasteiger charge is 2.47. The monoisotopic (exact) mass is 1080 g/mol. The van der Waals surface area contributed by atoms with Crippen molar-refractivity contribution in [3.05, 3.63) is 71.6 Å². The second-order valence-corrected chi connectivity index (χ2v) is 19.5. The van der Waals surface area contributed by atoms with Crippen LogP contribution in [0.1, 0.15) is 86.4 Å². The number of aliphatic imine (C=N–C) groups is 1. The van der Waals surface area contributed by atoms with Crippen molar-refractivity contribution >= 4 is 58.5 Å². The molecule has 0 unspecified atom stereocenters. The Morgan fingerprint density at radius 2 is 1.30 bits per heavy atom. The molecule has 0 bridgehead atoms. The summed E-state index contributed by atoms with van der Waals surface area (Å²) in [6.07, 6.45) is -8.57. The molecule has 0 saturated carbocycles. The van der Waals surface area contributed by atoms with Crippen LogP contribution in [0.15, 0.2) is 53.9 Å². The molecule has 12 N–H and O–H groups in total. The molecule has 3 aromatic heterocycles. The van der Waals surface area contributed by atoms with Crippen LogP contribution < -0.4 is 30.7 Å². The summed E-state index contributed by atoms with van der Waals surface area (Å²) in [6, 6.07) is 7.04. The van der Waals surface area contributed by atoms with Gasteiger partial charge in [-0.3, -0.25) is 29.0 Å². The fourth-order valence-electron chi connectivity index (χ4n) is 9.70. The number of ether oxygens (including phenoxy) is 4. The first-order valence-electron chi connectivity index (χ1n) is 25.1. The normalized spacial score (nSPS) is 26.0. The molecule has 11 atom stereocenters. The Morgan fingerprint density at radius 3 is 1.88 bits per heavy atom. The molecule has 418 valence electrons. The Bertz CT molecular complexity index is 2830. The fraction of sp³-hybridized carbons (Fsp3) is 0.520. The molecule has 4 aromatic rings. The molecule has 8 rings (SSSR count). The van der Waals surface area contributed by atoms with E-state index >= 15 is 0 Å². The third-order valence-electron chi connectivity index (χ3n) is 13.8. The third-order valence-corrected chi connectivity index (χ3v) is 13.8. The van der Waals surface area contributed by atoms with Crippen LogP contribution >= 0.6 is 0 Å². The van der Waals surface area contributed by atoms with Gasteiger partial charge >= 0.3 is 0 Å². The molecule has 27 nitrogen and oxygen atoms in total. The molecule has 77 heavy (non-hydrogen) atoms. The van der Waals surface area contributed by atoms with E-state index in [1.807, 2.05) is 19.0 Å². The molecule has 0 radical (unpaired) electrons. The second-order valence-electron chi connectivity index (χ2n) is 19.5. The van der Waals surface area contributed by atoms with Gasteiger partial charge in [-0.1, -0.05) is 0 Å². The molecule has 5 amide bonds. The average Bonchev–Trinajstić information content (AvgIpc) is 4.24.